The second-order valence-corrected chi connectivity index (χ2v) is 6.10. The predicted molar refractivity (Wildman–Crippen MR) is 103 cm³/mol. The highest BCUT2D eigenvalue weighted by Gasteiger charge is 2.21. The molecule has 2 heterocycles. The van der Waals surface area contributed by atoms with Gasteiger partial charge in [0, 0.05) is 16.5 Å². The molecule has 0 aliphatic rings. The first-order valence-electron chi connectivity index (χ1n) is 8.78. The minimum atomic E-state index is -0.432. The average Bonchev–Trinajstić information content (AvgIpc) is 3.10. The zero-order valence-corrected chi connectivity index (χ0v) is 15.2. The molecule has 0 radical (unpaired) electrons. The van der Waals surface area contributed by atoms with Crippen LogP contribution in [0, 0.1) is 6.92 Å². The molecule has 0 fully saturated rings. The number of para-hydroxylation sites is 1. The van der Waals surface area contributed by atoms with Gasteiger partial charge in [0.05, 0.1) is 18.8 Å². The molecule has 1 amide bonds. The van der Waals surface area contributed by atoms with Crippen LogP contribution < -0.4 is 4.90 Å². The third-order valence-electron chi connectivity index (χ3n) is 4.37. The summed E-state index contributed by atoms with van der Waals surface area (Å²) in [5.74, 6) is 0.566. The second-order valence-electron chi connectivity index (χ2n) is 6.10. The predicted octanol–water partition coefficient (Wildman–Crippen LogP) is 3.75. The molecule has 0 unspecified atom stereocenters. The summed E-state index contributed by atoms with van der Waals surface area (Å²) in [4.78, 5) is 14.0. The van der Waals surface area contributed by atoms with E-state index in [0.29, 0.717) is 18.1 Å². The quantitative estimate of drug-likeness (QED) is 0.553. The summed E-state index contributed by atoms with van der Waals surface area (Å²) in [5, 5.41) is 15.2. The van der Waals surface area contributed by atoms with Gasteiger partial charge in [0.25, 0.3) is 0 Å². The normalized spacial score (nSPS) is 11.0. The van der Waals surface area contributed by atoms with Crippen LogP contribution in [0.1, 0.15) is 18.4 Å². The van der Waals surface area contributed by atoms with E-state index in [9.17, 15) is 4.79 Å². The maximum absolute atomic E-state index is 12.5. The van der Waals surface area contributed by atoms with Gasteiger partial charge in [0.15, 0.2) is 11.5 Å². The van der Waals surface area contributed by atoms with Crippen molar-refractivity contribution in [1.82, 2.24) is 19.8 Å². The van der Waals surface area contributed by atoms with Gasteiger partial charge in [-0.1, -0.05) is 42.5 Å². The van der Waals surface area contributed by atoms with E-state index >= 15 is 0 Å². The first kappa shape index (κ1) is 17.0. The number of ether oxygens (including phenoxy) is 1. The SMILES string of the molecule is CCOC(=O)N(Cc1nnc2c3ccccc3c(C)nn12)c1ccccc1. The maximum Gasteiger partial charge on any atom is 0.414 e. The van der Waals surface area contributed by atoms with Gasteiger partial charge >= 0.3 is 6.09 Å². The Balaban J connectivity index is 1.80. The van der Waals surface area contributed by atoms with Gasteiger partial charge in [-0.2, -0.15) is 9.61 Å². The molecule has 4 aromatic rings. The van der Waals surface area contributed by atoms with Crippen LogP contribution in [0.25, 0.3) is 16.4 Å². The first-order chi connectivity index (χ1) is 13.2. The number of nitrogens with zero attached hydrogens (tertiary/aromatic N) is 5. The number of benzene rings is 2. The molecule has 27 heavy (non-hydrogen) atoms. The number of amides is 1. The summed E-state index contributed by atoms with van der Waals surface area (Å²) in [6.07, 6.45) is -0.432. The van der Waals surface area contributed by atoms with Crippen LogP contribution in [-0.4, -0.2) is 32.5 Å². The lowest BCUT2D eigenvalue weighted by molar-refractivity contribution is 0.159. The van der Waals surface area contributed by atoms with E-state index in [2.05, 4.69) is 15.3 Å². The van der Waals surface area contributed by atoms with Crippen LogP contribution in [0.3, 0.4) is 0 Å². The number of hydrogen-bond acceptors (Lipinski definition) is 5. The van der Waals surface area contributed by atoms with Crippen LogP contribution in [-0.2, 0) is 11.3 Å². The third-order valence-corrected chi connectivity index (χ3v) is 4.37. The van der Waals surface area contributed by atoms with E-state index in [1.807, 2.05) is 61.5 Å². The summed E-state index contributed by atoms with van der Waals surface area (Å²) in [5.41, 5.74) is 2.27. The van der Waals surface area contributed by atoms with Gasteiger partial charge in [-0.25, -0.2) is 4.79 Å². The number of aromatic nitrogens is 4. The molecule has 136 valence electrons. The lowest BCUT2D eigenvalue weighted by atomic mass is 10.1. The van der Waals surface area contributed by atoms with Crippen LogP contribution in [0.15, 0.2) is 54.6 Å². The van der Waals surface area contributed by atoms with Crippen molar-refractivity contribution in [2.45, 2.75) is 20.4 Å². The number of carbonyl (C=O) groups is 1. The molecule has 0 saturated heterocycles. The van der Waals surface area contributed by atoms with Crippen molar-refractivity contribution in [2.24, 2.45) is 0 Å². The average molecular weight is 361 g/mol. The summed E-state index contributed by atoms with van der Waals surface area (Å²) in [6, 6.07) is 17.3. The van der Waals surface area contributed by atoms with Gasteiger partial charge < -0.3 is 4.74 Å². The Labute approximate surface area is 156 Å². The Kier molecular flexibility index (Phi) is 4.42. The van der Waals surface area contributed by atoms with E-state index in [1.165, 1.54) is 4.90 Å². The molecule has 0 atom stereocenters. The summed E-state index contributed by atoms with van der Waals surface area (Å²) in [7, 11) is 0. The Hall–Kier alpha value is -3.48. The molecule has 0 aliphatic heterocycles. The zero-order valence-electron chi connectivity index (χ0n) is 15.2. The topological polar surface area (TPSA) is 72.6 Å². The van der Waals surface area contributed by atoms with E-state index in [4.69, 9.17) is 4.74 Å². The van der Waals surface area contributed by atoms with Crippen molar-refractivity contribution >= 4 is 28.2 Å². The molecule has 7 heteroatoms. The van der Waals surface area contributed by atoms with Crippen molar-refractivity contribution in [2.75, 3.05) is 11.5 Å². The largest absolute Gasteiger partial charge is 0.449 e. The fourth-order valence-corrected chi connectivity index (χ4v) is 3.09. The Morgan fingerprint density at radius 3 is 2.48 bits per heavy atom. The fourth-order valence-electron chi connectivity index (χ4n) is 3.09. The highest BCUT2D eigenvalue weighted by atomic mass is 16.6. The van der Waals surface area contributed by atoms with Gasteiger partial charge in [-0.3, -0.25) is 4.90 Å². The Bertz CT molecular complexity index is 1110. The molecular weight excluding hydrogens is 342 g/mol. The van der Waals surface area contributed by atoms with E-state index in [-0.39, 0.29) is 6.54 Å². The summed E-state index contributed by atoms with van der Waals surface area (Å²) >= 11 is 0. The van der Waals surface area contributed by atoms with Crippen molar-refractivity contribution in [1.29, 1.82) is 0 Å². The minimum Gasteiger partial charge on any atom is -0.449 e. The van der Waals surface area contributed by atoms with Crippen LogP contribution in [0.4, 0.5) is 10.5 Å². The molecule has 0 N–H and O–H groups in total. The van der Waals surface area contributed by atoms with E-state index in [1.54, 1.807) is 11.4 Å². The molecule has 0 spiro atoms. The fraction of sp³-hybridized carbons (Fsp3) is 0.200. The number of aryl methyl sites for hydroxylation is 1. The van der Waals surface area contributed by atoms with Gasteiger partial charge in [0.1, 0.15) is 0 Å². The minimum absolute atomic E-state index is 0.203. The molecule has 7 nitrogen and oxygen atoms in total. The van der Waals surface area contributed by atoms with Crippen molar-refractivity contribution < 1.29 is 9.53 Å². The molecular formula is C20H19N5O2. The monoisotopic (exact) mass is 361 g/mol. The molecule has 0 aliphatic carbocycles. The molecule has 0 bridgehead atoms. The van der Waals surface area contributed by atoms with Gasteiger partial charge in [0.2, 0.25) is 0 Å². The number of fused-ring (bicyclic) bond motifs is 3. The Morgan fingerprint density at radius 2 is 1.74 bits per heavy atom. The number of hydrogen-bond donors (Lipinski definition) is 0. The van der Waals surface area contributed by atoms with Crippen LogP contribution >= 0.6 is 0 Å². The lowest BCUT2D eigenvalue weighted by Crippen LogP contribution is -2.32. The molecule has 2 aromatic heterocycles. The maximum atomic E-state index is 12.5. The molecule has 4 rings (SSSR count). The number of anilines is 1. The summed E-state index contributed by atoms with van der Waals surface area (Å²) in [6.45, 7) is 4.23. The zero-order chi connectivity index (χ0) is 18.8. The van der Waals surface area contributed by atoms with Crippen molar-refractivity contribution in [3.63, 3.8) is 0 Å². The summed E-state index contributed by atoms with van der Waals surface area (Å²) < 4.78 is 6.92. The number of carbonyl (C=O) groups excluding carboxylic acids is 1. The standard InChI is InChI=1S/C20H19N5O2/c1-3-27-20(26)24(15-9-5-4-6-10-15)13-18-21-22-19-17-12-8-7-11-16(17)14(2)23-25(18)19/h4-12H,3,13H2,1-2H3. The smallest absolute Gasteiger partial charge is 0.414 e. The van der Waals surface area contributed by atoms with Crippen LogP contribution in [0.5, 0.6) is 0 Å². The van der Waals surface area contributed by atoms with E-state index < -0.39 is 6.09 Å². The van der Waals surface area contributed by atoms with E-state index in [0.717, 1.165) is 22.2 Å². The Morgan fingerprint density at radius 1 is 1.04 bits per heavy atom. The third kappa shape index (κ3) is 3.08. The van der Waals surface area contributed by atoms with Gasteiger partial charge in [-0.15, -0.1) is 10.2 Å². The molecule has 0 saturated carbocycles. The lowest BCUT2D eigenvalue weighted by Gasteiger charge is -2.21. The second kappa shape index (κ2) is 7.03. The first-order valence-corrected chi connectivity index (χ1v) is 8.78. The van der Waals surface area contributed by atoms with Crippen LogP contribution in [0.2, 0.25) is 0 Å². The van der Waals surface area contributed by atoms with Gasteiger partial charge in [-0.05, 0) is 26.0 Å². The highest BCUT2D eigenvalue weighted by molar-refractivity contribution is 5.94. The van der Waals surface area contributed by atoms with Crippen molar-refractivity contribution in [3.8, 4) is 0 Å². The van der Waals surface area contributed by atoms with Crippen molar-refractivity contribution in [3.05, 3.63) is 66.1 Å². The molecule has 2 aromatic carbocycles. The highest BCUT2D eigenvalue weighted by Crippen LogP contribution is 2.22. The number of rotatable bonds is 4.